The number of amides is 1. The van der Waals surface area contributed by atoms with Gasteiger partial charge in [-0.05, 0) is 51.3 Å². The molecule has 1 aromatic carbocycles. The predicted molar refractivity (Wildman–Crippen MR) is 93.3 cm³/mol. The molecule has 5 heteroatoms. The number of benzene rings is 1. The number of nitrogens with zero attached hydrogens (tertiary/aromatic N) is 2. The number of carbonyl (C=O) groups excluding carboxylic acids is 1. The van der Waals surface area contributed by atoms with Gasteiger partial charge in [0.2, 0.25) is 5.95 Å². The van der Waals surface area contributed by atoms with Crippen molar-refractivity contribution in [1.82, 2.24) is 15.3 Å². The van der Waals surface area contributed by atoms with Crippen molar-refractivity contribution in [2.24, 2.45) is 0 Å². The van der Waals surface area contributed by atoms with Crippen LogP contribution in [0.2, 0.25) is 0 Å². The summed E-state index contributed by atoms with van der Waals surface area (Å²) in [5.41, 5.74) is 5.60. The van der Waals surface area contributed by atoms with Gasteiger partial charge in [0.1, 0.15) is 5.69 Å². The van der Waals surface area contributed by atoms with Gasteiger partial charge in [-0.3, -0.25) is 4.79 Å². The Hall–Kier alpha value is -2.43. The van der Waals surface area contributed by atoms with Crippen LogP contribution in [0, 0.1) is 27.7 Å². The summed E-state index contributed by atoms with van der Waals surface area (Å²) in [6.07, 6.45) is 0.892. The zero-order valence-electron chi connectivity index (χ0n) is 14.4. The second-order valence-corrected chi connectivity index (χ2v) is 5.87. The molecule has 23 heavy (non-hydrogen) atoms. The summed E-state index contributed by atoms with van der Waals surface area (Å²) in [6, 6.07) is 5.92. The molecule has 0 spiro atoms. The van der Waals surface area contributed by atoms with Gasteiger partial charge in [0.05, 0.1) is 0 Å². The van der Waals surface area contributed by atoms with Gasteiger partial charge in [-0.1, -0.05) is 24.6 Å². The number of anilines is 2. The minimum Gasteiger partial charge on any atom is -0.351 e. The molecule has 2 rings (SSSR count). The molecule has 0 saturated heterocycles. The van der Waals surface area contributed by atoms with Crippen LogP contribution < -0.4 is 10.6 Å². The Bertz CT molecular complexity index is 702. The summed E-state index contributed by atoms with van der Waals surface area (Å²) in [6.45, 7) is 10.7. The minimum atomic E-state index is -0.169. The molecule has 0 unspecified atom stereocenters. The molecule has 0 aliphatic rings. The van der Waals surface area contributed by atoms with E-state index < -0.39 is 0 Å². The van der Waals surface area contributed by atoms with Crippen molar-refractivity contribution >= 4 is 17.5 Å². The van der Waals surface area contributed by atoms with E-state index in [1.807, 2.05) is 27.7 Å². The second-order valence-electron chi connectivity index (χ2n) is 5.87. The van der Waals surface area contributed by atoms with Gasteiger partial charge in [-0.15, -0.1) is 0 Å². The lowest BCUT2D eigenvalue weighted by Crippen LogP contribution is -2.25. The van der Waals surface area contributed by atoms with E-state index in [1.165, 1.54) is 5.56 Å². The molecule has 122 valence electrons. The highest BCUT2D eigenvalue weighted by Gasteiger charge is 2.12. The summed E-state index contributed by atoms with van der Waals surface area (Å²) in [5, 5.41) is 6.10. The highest BCUT2D eigenvalue weighted by molar-refractivity contribution is 5.92. The fourth-order valence-electron chi connectivity index (χ4n) is 2.56. The Morgan fingerprint density at radius 1 is 1.04 bits per heavy atom. The second kappa shape index (κ2) is 7.22. The predicted octanol–water partition coefficient (Wildman–Crippen LogP) is 3.59. The van der Waals surface area contributed by atoms with Crippen LogP contribution in [-0.2, 0) is 0 Å². The average molecular weight is 312 g/mol. The normalized spacial score (nSPS) is 10.5. The molecule has 1 aromatic heterocycles. The van der Waals surface area contributed by atoms with Gasteiger partial charge >= 0.3 is 0 Å². The molecule has 0 saturated carbocycles. The van der Waals surface area contributed by atoms with E-state index in [0.29, 0.717) is 18.2 Å². The van der Waals surface area contributed by atoms with Crippen LogP contribution in [0.15, 0.2) is 18.2 Å². The zero-order valence-corrected chi connectivity index (χ0v) is 14.4. The van der Waals surface area contributed by atoms with Crippen molar-refractivity contribution < 1.29 is 4.79 Å². The van der Waals surface area contributed by atoms with Crippen LogP contribution in [0.3, 0.4) is 0 Å². The van der Waals surface area contributed by atoms with Crippen LogP contribution in [-0.4, -0.2) is 22.4 Å². The standard InChI is InChI=1S/C18H24N4O/c1-6-7-19-17(23)15-10-14(5)20-18(21-15)22-16-12(3)8-11(2)9-13(16)4/h8-10H,6-7H2,1-5H3,(H,19,23)(H,20,21,22). The first-order valence-electron chi connectivity index (χ1n) is 7.89. The van der Waals surface area contributed by atoms with Crippen LogP contribution in [0.4, 0.5) is 11.6 Å². The van der Waals surface area contributed by atoms with Crippen LogP contribution >= 0.6 is 0 Å². The first-order valence-corrected chi connectivity index (χ1v) is 7.89. The van der Waals surface area contributed by atoms with Crippen LogP contribution in [0.25, 0.3) is 0 Å². The maximum atomic E-state index is 12.1. The summed E-state index contributed by atoms with van der Waals surface area (Å²) in [7, 11) is 0. The Morgan fingerprint density at radius 3 is 2.30 bits per heavy atom. The molecule has 5 nitrogen and oxygen atoms in total. The largest absolute Gasteiger partial charge is 0.351 e. The van der Waals surface area contributed by atoms with Crippen molar-refractivity contribution in [2.75, 3.05) is 11.9 Å². The van der Waals surface area contributed by atoms with E-state index in [4.69, 9.17) is 0 Å². The molecule has 0 fully saturated rings. The number of aromatic nitrogens is 2. The van der Waals surface area contributed by atoms with Gasteiger partial charge in [0.15, 0.2) is 0 Å². The van der Waals surface area contributed by atoms with Crippen molar-refractivity contribution in [3.8, 4) is 0 Å². The van der Waals surface area contributed by atoms with Gasteiger partial charge in [-0.25, -0.2) is 9.97 Å². The van der Waals surface area contributed by atoms with Gasteiger partial charge in [0.25, 0.3) is 5.91 Å². The molecule has 2 aromatic rings. The quantitative estimate of drug-likeness (QED) is 0.885. The van der Waals surface area contributed by atoms with Crippen molar-refractivity contribution in [3.05, 3.63) is 46.3 Å². The van der Waals surface area contributed by atoms with Crippen LogP contribution in [0.5, 0.6) is 0 Å². The lowest BCUT2D eigenvalue weighted by Gasteiger charge is -2.14. The number of rotatable bonds is 5. The van der Waals surface area contributed by atoms with Gasteiger partial charge < -0.3 is 10.6 Å². The molecular formula is C18H24N4O. The lowest BCUT2D eigenvalue weighted by molar-refractivity contribution is 0.0948. The van der Waals surface area contributed by atoms with Crippen LogP contribution in [0.1, 0.15) is 46.2 Å². The van der Waals surface area contributed by atoms with E-state index in [0.717, 1.165) is 28.9 Å². The van der Waals surface area contributed by atoms with Gasteiger partial charge in [-0.2, -0.15) is 0 Å². The fourth-order valence-corrected chi connectivity index (χ4v) is 2.56. The minimum absolute atomic E-state index is 0.169. The Balaban J connectivity index is 2.31. The average Bonchev–Trinajstić information content (AvgIpc) is 2.48. The van der Waals surface area contributed by atoms with Crippen molar-refractivity contribution in [3.63, 3.8) is 0 Å². The molecule has 1 heterocycles. The van der Waals surface area contributed by atoms with E-state index in [9.17, 15) is 4.79 Å². The SMILES string of the molecule is CCCNC(=O)c1cc(C)nc(Nc2c(C)cc(C)cc2C)n1. The summed E-state index contributed by atoms with van der Waals surface area (Å²) < 4.78 is 0. The highest BCUT2D eigenvalue weighted by atomic mass is 16.1. The third-order valence-corrected chi connectivity index (χ3v) is 3.54. The molecule has 1 amide bonds. The summed E-state index contributed by atoms with van der Waals surface area (Å²) in [5.74, 6) is 0.277. The van der Waals surface area contributed by atoms with Gasteiger partial charge in [0, 0.05) is 17.9 Å². The Kier molecular flexibility index (Phi) is 5.32. The first-order chi connectivity index (χ1) is 10.9. The molecule has 0 atom stereocenters. The molecule has 0 bridgehead atoms. The van der Waals surface area contributed by atoms with E-state index >= 15 is 0 Å². The maximum Gasteiger partial charge on any atom is 0.270 e. The molecule has 0 radical (unpaired) electrons. The first kappa shape index (κ1) is 16.9. The van der Waals surface area contributed by atoms with E-state index in [2.05, 4.69) is 39.7 Å². The highest BCUT2D eigenvalue weighted by Crippen LogP contribution is 2.24. The lowest BCUT2D eigenvalue weighted by atomic mass is 10.1. The summed E-state index contributed by atoms with van der Waals surface area (Å²) >= 11 is 0. The fraction of sp³-hybridized carbons (Fsp3) is 0.389. The van der Waals surface area contributed by atoms with E-state index in [1.54, 1.807) is 6.07 Å². The third kappa shape index (κ3) is 4.28. The molecule has 2 N–H and O–H groups in total. The number of hydrogen-bond acceptors (Lipinski definition) is 4. The number of carbonyl (C=O) groups is 1. The number of aryl methyl sites for hydroxylation is 4. The summed E-state index contributed by atoms with van der Waals surface area (Å²) in [4.78, 5) is 20.9. The molecular weight excluding hydrogens is 288 g/mol. The Labute approximate surface area is 137 Å². The molecule has 0 aliphatic heterocycles. The smallest absolute Gasteiger partial charge is 0.270 e. The number of hydrogen-bond donors (Lipinski definition) is 2. The maximum absolute atomic E-state index is 12.1. The third-order valence-electron chi connectivity index (χ3n) is 3.54. The monoisotopic (exact) mass is 312 g/mol. The topological polar surface area (TPSA) is 66.9 Å². The molecule has 0 aliphatic carbocycles. The number of nitrogens with one attached hydrogen (secondary N) is 2. The zero-order chi connectivity index (χ0) is 17.0. The Morgan fingerprint density at radius 2 is 1.70 bits per heavy atom. The van der Waals surface area contributed by atoms with Crippen molar-refractivity contribution in [1.29, 1.82) is 0 Å². The van der Waals surface area contributed by atoms with E-state index in [-0.39, 0.29) is 5.91 Å². The van der Waals surface area contributed by atoms with Crippen molar-refractivity contribution in [2.45, 2.75) is 41.0 Å².